The van der Waals surface area contributed by atoms with Crippen LogP contribution in [0.5, 0.6) is 0 Å². The molecule has 0 unspecified atom stereocenters. The van der Waals surface area contributed by atoms with Gasteiger partial charge in [0.25, 0.3) is 0 Å². The minimum absolute atomic E-state index is 0.0501. The molecule has 1 aliphatic rings. The predicted molar refractivity (Wildman–Crippen MR) is 110 cm³/mol. The zero-order valence-corrected chi connectivity index (χ0v) is 15.4. The second kappa shape index (κ2) is 4.68. The van der Waals surface area contributed by atoms with Gasteiger partial charge in [-0.3, -0.25) is 9.97 Å². The average Bonchev–Trinajstić information content (AvgIpc) is 3.16. The van der Waals surface area contributed by atoms with E-state index in [1.54, 1.807) is 0 Å². The fourth-order valence-corrected chi connectivity index (χ4v) is 5.79. The van der Waals surface area contributed by atoms with E-state index in [-0.39, 0.29) is 5.41 Å². The van der Waals surface area contributed by atoms with E-state index < -0.39 is 0 Å². The first-order valence-electron chi connectivity index (χ1n) is 8.85. The number of pyridine rings is 2. The van der Waals surface area contributed by atoms with Gasteiger partial charge >= 0.3 is 0 Å². The molecule has 0 bridgehead atoms. The van der Waals surface area contributed by atoms with E-state index >= 15 is 0 Å². The Morgan fingerprint density at radius 1 is 0.885 bits per heavy atom. The molecule has 0 amide bonds. The molecule has 26 heavy (non-hydrogen) atoms. The number of hydrogen-bond acceptors (Lipinski definition) is 3. The second-order valence-electron chi connectivity index (χ2n) is 7.51. The molecule has 0 saturated heterocycles. The standard InChI is InChI=1S/C23H16N2S/c1-23(2)16-6-4-12-25-21(16)15-9-10-17-18(19(15)23)14-8-7-13-5-3-11-24-20(13)22(14)26-17/h3-12H,1-2H3. The van der Waals surface area contributed by atoms with Crippen LogP contribution in [0.1, 0.15) is 25.0 Å². The Hall–Kier alpha value is -2.78. The van der Waals surface area contributed by atoms with Crippen LogP contribution < -0.4 is 0 Å². The minimum Gasteiger partial charge on any atom is -0.256 e. The Labute approximate surface area is 155 Å². The molecule has 0 radical (unpaired) electrons. The van der Waals surface area contributed by atoms with E-state index in [1.807, 2.05) is 35.9 Å². The van der Waals surface area contributed by atoms with Gasteiger partial charge in [0.2, 0.25) is 0 Å². The van der Waals surface area contributed by atoms with E-state index in [0.29, 0.717) is 0 Å². The summed E-state index contributed by atoms with van der Waals surface area (Å²) in [5.74, 6) is 0. The molecule has 0 spiro atoms. The van der Waals surface area contributed by atoms with Gasteiger partial charge in [-0.1, -0.05) is 44.2 Å². The third kappa shape index (κ3) is 1.62. The summed E-state index contributed by atoms with van der Waals surface area (Å²) in [6, 6.07) is 17.4. The molecule has 6 rings (SSSR count). The SMILES string of the molecule is CC1(C)c2cccnc2-c2ccc3sc4c(ccc5cccnc54)c3c21. The number of aromatic nitrogens is 2. The molecule has 2 nitrogen and oxygen atoms in total. The van der Waals surface area contributed by atoms with Gasteiger partial charge in [-0.05, 0) is 29.3 Å². The highest BCUT2D eigenvalue weighted by Crippen LogP contribution is 2.53. The van der Waals surface area contributed by atoms with Crippen LogP contribution in [0.4, 0.5) is 0 Å². The van der Waals surface area contributed by atoms with Crippen LogP contribution in [0, 0.1) is 0 Å². The van der Waals surface area contributed by atoms with E-state index in [9.17, 15) is 0 Å². The summed E-state index contributed by atoms with van der Waals surface area (Å²) in [5, 5.41) is 3.89. The summed E-state index contributed by atoms with van der Waals surface area (Å²) in [4.78, 5) is 9.38. The molecule has 3 heterocycles. The van der Waals surface area contributed by atoms with Crippen LogP contribution in [0.2, 0.25) is 0 Å². The lowest BCUT2D eigenvalue weighted by Gasteiger charge is -2.22. The van der Waals surface area contributed by atoms with Crippen molar-refractivity contribution < 1.29 is 0 Å². The lowest BCUT2D eigenvalue weighted by atomic mass is 9.80. The summed E-state index contributed by atoms with van der Waals surface area (Å²) in [6.07, 6.45) is 3.79. The Morgan fingerprint density at radius 2 is 1.73 bits per heavy atom. The normalized spacial score (nSPS) is 14.8. The smallest absolute Gasteiger partial charge is 0.0880 e. The van der Waals surface area contributed by atoms with Crippen molar-refractivity contribution in [2.45, 2.75) is 19.3 Å². The van der Waals surface area contributed by atoms with Gasteiger partial charge in [0, 0.05) is 44.2 Å². The molecule has 5 aromatic rings. The maximum absolute atomic E-state index is 4.71. The highest BCUT2D eigenvalue weighted by Gasteiger charge is 2.38. The predicted octanol–water partition coefficient (Wildman–Crippen LogP) is 6.30. The highest BCUT2D eigenvalue weighted by atomic mass is 32.1. The first-order valence-corrected chi connectivity index (χ1v) is 9.67. The van der Waals surface area contributed by atoms with Gasteiger partial charge in [-0.2, -0.15) is 0 Å². The molecule has 3 heteroatoms. The van der Waals surface area contributed by atoms with E-state index in [1.165, 1.54) is 42.2 Å². The first-order chi connectivity index (χ1) is 12.7. The van der Waals surface area contributed by atoms with Crippen molar-refractivity contribution in [3.63, 3.8) is 0 Å². The molecule has 1 aliphatic carbocycles. The van der Waals surface area contributed by atoms with Crippen molar-refractivity contribution in [3.8, 4) is 11.3 Å². The number of fused-ring (bicyclic) bond motifs is 9. The van der Waals surface area contributed by atoms with Crippen LogP contribution in [0.15, 0.2) is 60.9 Å². The Kier molecular flexibility index (Phi) is 2.59. The fourth-order valence-electron chi connectivity index (χ4n) is 4.57. The van der Waals surface area contributed by atoms with Crippen molar-refractivity contribution in [3.05, 3.63) is 72.1 Å². The molecular weight excluding hydrogens is 336 g/mol. The lowest BCUT2D eigenvalue weighted by molar-refractivity contribution is 0.665. The molecule has 0 aliphatic heterocycles. The molecule has 3 aromatic heterocycles. The van der Waals surface area contributed by atoms with Crippen molar-refractivity contribution in [1.29, 1.82) is 0 Å². The monoisotopic (exact) mass is 352 g/mol. The molecule has 0 N–H and O–H groups in total. The average molecular weight is 352 g/mol. The first kappa shape index (κ1) is 14.4. The van der Waals surface area contributed by atoms with Crippen molar-refractivity contribution in [2.24, 2.45) is 0 Å². The number of thiophene rings is 1. The van der Waals surface area contributed by atoms with E-state index in [4.69, 9.17) is 4.98 Å². The Morgan fingerprint density at radius 3 is 2.65 bits per heavy atom. The fraction of sp³-hybridized carbons (Fsp3) is 0.130. The maximum Gasteiger partial charge on any atom is 0.0880 e. The van der Waals surface area contributed by atoms with E-state index in [2.05, 4.69) is 55.2 Å². The molecule has 124 valence electrons. The van der Waals surface area contributed by atoms with Crippen LogP contribution in [0.25, 0.3) is 42.3 Å². The maximum atomic E-state index is 4.71. The third-order valence-electron chi connectivity index (χ3n) is 5.74. The van der Waals surface area contributed by atoms with Gasteiger partial charge in [0.1, 0.15) is 0 Å². The summed E-state index contributed by atoms with van der Waals surface area (Å²) >= 11 is 1.85. The Balaban J connectivity index is 1.84. The van der Waals surface area contributed by atoms with Gasteiger partial charge in [-0.25, -0.2) is 0 Å². The van der Waals surface area contributed by atoms with Crippen LogP contribution in [-0.4, -0.2) is 9.97 Å². The Bertz CT molecular complexity index is 1360. The van der Waals surface area contributed by atoms with Crippen molar-refractivity contribution in [2.75, 3.05) is 0 Å². The quantitative estimate of drug-likeness (QED) is 0.327. The molecule has 0 atom stereocenters. The number of rotatable bonds is 0. The summed E-state index contributed by atoms with van der Waals surface area (Å²) in [7, 11) is 0. The lowest BCUT2D eigenvalue weighted by Crippen LogP contribution is -2.15. The zero-order chi connectivity index (χ0) is 17.5. The summed E-state index contributed by atoms with van der Waals surface area (Å²) < 4.78 is 2.61. The minimum atomic E-state index is -0.0501. The van der Waals surface area contributed by atoms with Crippen molar-refractivity contribution in [1.82, 2.24) is 9.97 Å². The highest BCUT2D eigenvalue weighted by molar-refractivity contribution is 7.26. The number of hydrogen-bond donors (Lipinski definition) is 0. The molecular formula is C23H16N2S. The summed E-state index contributed by atoms with van der Waals surface area (Å²) in [5.41, 5.74) is 6.19. The number of benzene rings is 2. The topological polar surface area (TPSA) is 25.8 Å². The van der Waals surface area contributed by atoms with Crippen LogP contribution in [-0.2, 0) is 5.41 Å². The van der Waals surface area contributed by atoms with Gasteiger partial charge in [0.15, 0.2) is 0 Å². The van der Waals surface area contributed by atoms with E-state index in [0.717, 1.165) is 11.2 Å². The number of nitrogens with zero attached hydrogens (tertiary/aromatic N) is 2. The third-order valence-corrected chi connectivity index (χ3v) is 6.92. The van der Waals surface area contributed by atoms with Crippen LogP contribution >= 0.6 is 11.3 Å². The molecule has 0 fully saturated rings. The van der Waals surface area contributed by atoms with Gasteiger partial charge in [0.05, 0.1) is 15.9 Å². The largest absolute Gasteiger partial charge is 0.256 e. The molecule has 2 aromatic carbocycles. The van der Waals surface area contributed by atoms with Crippen molar-refractivity contribution >= 4 is 42.4 Å². The second-order valence-corrected chi connectivity index (χ2v) is 8.56. The van der Waals surface area contributed by atoms with Crippen LogP contribution in [0.3, 0.4) is 0 Å². The van der Waals surface area contributed by atoms with Gasteiger partial charge in [-0.15, -0.1) is 11.3 Å². The van der Waals surface area contributed by atoms with Gasteiger partial charge < -0.3 is 0 Å². The summed E-state index contributed by atoms with van der Waals surface area (Å²) in [6.45, 7) is 4.64. The zero-order valence-electron chi connectivity index (χ0n) is 14.6. The molecule has 0 saturated carbocycles.